The number of rotatable bonds is 3. The third kappa shape index (κ3) is 1.73. The quantitative estimate of drug-likeness (QED) is 0.444. The van der Waals surface area contributed by atoms with E-state index in [0.717, 1.165) is 0 Å². The zero-order valence-electron chi connectivity index (χ0n) is 7.29. The molecule has 0 amide bonds. The summed E-state index contributed by atoms with van der Waals surface area (Å²) in [6, 6.07) is 5.84. The average molecular weight is 195 g/mol. The molecule has 1 aliphatic heterocycles. The van der Waals surface area contributed by atoms with Crippen molar-refractivity contribution < 1.29 is 14.8 Å². The molecule has 0 bridgehead atoms. The van der Waals surface area contributed by atoms with Gasteiger partial charge in [0.15, 0.2) is 0 Å². The van der Waals surface area contributed by atoms with E-state index in [2.05, 4.69) is 0 Å². The number of ether oxygens (including phenoxy) is 1. The van der Waals surface area contributed by atoms with Crippen LogP contribution in [0.3, 0.4) is 0 Å². The van der Waals surface area contributed by atoms with Gasteiger partial charge in [-0.05, 0) is 17.7 Å². The number of hydrogen-bond acceptors (Lipinski definition) is 4. The Kier molecular flexibility index (Phi) is 2.18. The average Bonchev–Trinajstić information content (AvgIpc) is 3.00. The molecule has 5 nitrogen and oxygen atoms in total. The monoisotopic (exact) mass is 195 g/mol. The van der Waals surface area contributed by atoms with Crippen LogP contribution in [0.25, 0.3) is 0 Å². The van der Waals surface area contributed by atoms with E-state index in [0.29, 0.717) is 12.2 Å². The lowest BCUT2D eigenvalue weighted by Gasteiger charge is -2.06. The van der Waals surface area contributed by atoms with Crippen LogP contribution in [0.15, 0.2) is 24.3 Å². The minimum Gasteiger partial charge on any atom is -0.386 e. The summed E-state index contributed by atoms with van der Waals surface area (Å²) >= 11 is 0. The molecule has 2 rings (SSSR count). The van der Waals surface area contributed by atoms with Gasteiger partial charge in [0.25, 0.3) is 5.69 Å². The van der Waals surface area contributed by atoms with Crippen molar-refractivity contribution in [3.63, 3.8) is 0 Å². The fraction of sp³-hybridized carbons (Fsp3) is 0.333. The van der Waals surface area contributed by atoms with Gasteiger partial charge >= 0.3 is 0 Å². The van der Waals surface area contributed by atoms with Crippen molar-refractivity contribution in [3.05, 3.63) is 39.9 Å². The van der Waals surface area contributed by atoms with Crippen LogP contribution in [0, 0.1) is 10.1 Å². The summed E-state index contributed by atoms with van der Waals surface area (Å²) in [5.41, 5.74) is 0.677. The lowest BCUT2D eigenvalue weighted by molar-refractivity contribution is -0.384. The van der Waals surface area contributed by atoms with Crippen molar-refractivity contribution in [3.8, 4) is 0 Å². The topological polar surface area (TPSA) is 75.9 Å². The molecule has 1 saturated heterocycles. The lowest BCUT2D eigenvalue weighted by Crippen LogP contribution is -2.04. The number of aliphatic hydroxyl groups is 1. The molecular formula is C9H9NO4. The Balaban J connectivity index is 2.16. The number of non-ortho nitro benzene ring substituents is 1. The molecule has 5 heteroatoms. The molecule has 0 spiro atoms. The van der Waals surface area contributed by atoms with Gasteiger partial charge in [-0.2, -0.15) is 0 Å². The van der Waals surface area contributed by atoms with Crippen molar-refractivity contribution in [2.75, 3.05) is 6.61 Å². The summed E-state index contributed by atoms with van der Waals surface area (Å²) in [6.07, 6.45) is -0.813. The van der Waals surface area contributed by atoms with Crippen molar-refractivity contribution in [1.29, 1.82) is 0 Å². The number of hydrogen-bond donors (Lipinski definition) is 1. The number of benzene rings is 1. The van der Waals surface area contributed by atoms with Crippen LogP contribution in [0.5, 0.6) is 0 Å². The molecule has 2 atom stereocenters. The molecule has 1 aliphatic rings. The van der Waals surface area contributed by atoms with Gasteiger partial charge < -0.3 is 9.84 Å². The van der Waals surface area contributed by atoms with E-state index in [1.807, 2.05) is 0 Å². The highest BCUT2D eigenvalue weighted by molar-refractivity contribution is 5.34. The molecule has 1 aromatic carbocycles. The Labute approximate surface area is 80.1 Å². The molecule has 0 unspecified atom stereocenters. The summed E-state index contributed by atoms with van der Waals surface area (Å²) in [5, 5.41) is 19.9. The van der Waals surface area contributed by atoms with Gasteiger partial charge in [-0.1, -0.05) is 0 Å². The maximum absolute atomic E-state index is 10.3. The predicted octanol–water partition coefficient (Wildman–Crippen LogP) is 1.03. The Morgan fingerprint density at radius 1 is 1.50 bits per heavy atom. The van der Waals surface area contributed by atoms with Gasteiger partial charge in [0.05, 0.1) is 11.5 Å². The van der Waals surface area contributed by atoms with Crippen molar-refractivity contribution in [2.24, 2.45) is 0 Å². The van der Waals surface area contributed by atoms with Crippen LogP contribution in [-0.4, -0.2) is 22.7 Å². The van der Waals surface area contributed by atoms with Gasteiger partial charge in [0.1, 0.15) is 12.2 Å². The summed E-state index contributed by atoms with van der Waals surface area (Å²) in [5.74, 6) is 0. The van der Waals surface area contributed by atoms with Crippen LogP contribution in [0.4, 0.5) is 5.69 Å². The normalized spacial score (nSPS) is 21.6. The first-order valence-electron chi connectivity index (χ1n) is 4.22. The second-order valence-electron chi connectivity index (χ2n) is 3.17. The van der Waals surface area contributed by atoms with E-state index in [-0.39, 0.29) is 11.8 Å². The van der Waals surface area contributed by atoms with E-state index < -0.39 is 11.0 Å². The minimum atomic E-state index is -0.671. The van der Waals surface area contributed by atoms with Crippen LogP contribution in [-0.2, 0) is 4.74 Å². The van der Waals surface area contributed by atoms with Crippen molar-refractivity contribution in [2.45, 2.75) is 12.2 Å². The zero-order valence-corrected chi connectivity index (χ0v) is 7.29. The van der Waals surface area contributed by atoms with Gasteiger partial charge in [-0.15, -0.1) is 0 Å². The molecule has 0 saturated carbocycles. The third-order valence-corrected chi connectivity index (χ3v) is 2.16. The van der Waals surface area contributed by atoms with Gasteiger partial charge in [-0.3, -0.25) is 10.1 Å². The maximum atomic E-state index is 10.3. The second-order valence-corrected chi connectivity index (χ2v) is 3.17. The summed E-state index contributed by atoms with van der Waals surface area (Å²) in [6.45, 7) is 0.554. The molecule has 1 aromatic rings. The standard InChI is InChI=1S/C9H9NO4/c11-9(8-5-14-8)6-1-3-7(4-2-6)10(12)13/h1-4,8-9,11H,5H2/t8-,9+/m1/s1. The summed E-state index contributed by atoms with van der Waals surface area (Å²) in [7, 11) is 0. The minimum absolute atomic E-state index is 0.0256. The Morgan fingerprint density at radius 3 is 2.50 bits per heavy atom. The molecule has 0 aliphatic carbocycles. The maximum Gasteiger partial charge on any atom is 0.269 e. The fourth-order valence-electron chi connectivity index (χ4n) is 1.25. The zero-order chi connectivity index (χ0) is 10.1. The SMILES string of the molecule is O=[N+]([O-])c1ccc([C@H](O)[C@H]2CO2)cc1. The van der Waals surface area contributed by atoms with E-state index in [1.54, 1.807) is 12.1 Å². The Bertz CT molecular complexity index is 344. The number of epoxide rings is 1. The first-order chi connectivity index (χ1) is 6.68. The van der Waals surface area contributed by atoms with Crippen LogP contribution < -0.4 is 0 Å². The largest absolute Gasteiger partial charge is 0.386 e. The molecule has 14 heavy (non-hydrogen) atoms. The molecule has 1 fully saturated rings. The number of nitro benzene ring substituents is 1. The fourth-order valence-corrected chi connectivity index (χ4v) is 1.25. The van der Waals surface area contributed by atoms with Gasteiger partial charge in [0.2, 0.25) is 0 Å². The first kappa shape index (κ1) is 9.11. The number of aliphatic hydroxyl groups excluding tert-OH is 1. The van der Waals surface area contributed by atoms with Crippen LogP contribution in [0.2, 0.25) is 0 Å². The van der Waals surface area contributed by atoms with Crippen molar-refractivity contribution >= 4 is 5.69 Å². The molecular weight excluding hydrogens is 186 g/mol. The smallest absolute Gasteiger partial charge is 0.269 e. The molecule has 1 N–H and O–H groups in total. The predicted molar refractivity (Wildman–Crippen MR) is 47.8 cm³/mol. The molecule has 0 aromatic heterocycles. The Hall–Kier alpha value is -1.46. The summed E-state index contributed by atoms with van der Waals surface area (Å²) < 4.78 is 4.92. The van der Waals surface area contributed by atoms with E-state index in [1.165, 1.54) is 12.1 Å². The van der Waals surface area contributed by atoms with E-state index in [4.69, 9.17) is 4.74 Å². The van der Waals surface area contributed by atoms with E-state index in [9.17, 15) is 15.2 Å². The molecule has 1 heterocycles. The van der Waals surface area contributed by atoms with Crippen molar-refractivity contribution in [1.82, 2.24) is 0 Å². The first-order valence-corrected chi connectivity index (χ1v) is 4.22. The molecule has 74 valence electrons. The van der Waals surface area contributed by atoms with E-state index >= 15 is 0 Å². The highest BCUT2D eigenvalue weighted by Gasteiger charge is 2.32. The summed E-state index contributed by atoms with van der Waals surface area (Å²) in [4.78, 5) is 9.88. The van der Waals surface area contributed by atoms with Crippen LogP contribution in [0.1, 0.15) is 11.7 Å². The second kappa shape index (κ2) is 3.36. The third-order valence-electron chi connectivity index (χ3n) is 2.16. The van der Waals surface area contributed by atoms with Gasteiger partial charge in [-0.25, -0.2) is 0 Å². The Morgan fingerprint density at radius 2 is 2.07 bits per heavy atom. The highest BCUT2D eigenvalue weighted by Crippen LogP contribution is 2.28. The highest BCUT2D eigenvalue weighted by atomic mass is 16.6. The number of nitro groups is 1. The van der Waals surface area contributed by atoms with Gasteiger partial charge in [0, 0.05) is 12.1 Å². The number of nitrogens with zero attached hydrogens (tertiary/aromatic N) is 1. The molecule has 0 radical (unpaired) electrons. The van der Waals surface area contributed by atoms with Crippen LogP contribution >= 0.6 is 0 Å². The lowest BCUT2D eigenvalue weighted by atomic mass is 10.1.